The van der Waals surface area contributed by atoms with Crippen molar-refractivity contribution in [3.05, 3.63) is 39.7 Å². The van der Waals surface area contributed by atoms with E-state index in [1.807, 2.05) is 4.90 Å². The first-order valence-electron chi connectivity index (χ1n) is 12.5. The van der Waals surface area contributed by atoms with Gasteiger partial charge in [-0.1, -0.05) is 0 Å². The fourth-order valence-corrected chi connectivity index (χ4v) is 6.81. The summed E-state index contributed by atoms with van der Waals surface area (Å²) in [5.74, 6) is -7.32. The number of likely N-dealkylation sites (N-methyl/N-ethyl adjacent to an activating group) is 1. The van der Waals surface area contributed by atoms with Crippen LogP contribution in [-0.4, -0.2) is 95.1 Å². The fraction of sp³-hybridized carbons (Fsp3) is 0.500. The molecule has 1 heterocycles. The predicted octanol–water partition coefficient (Wildman–Crippen LogP) is -1.24. The zero-order chi connectivity index (χ0) is 28.8. The lowest BCUT2D eigenvalue weighted by Gasteiger charge is -2.46. The predicted molar refractivity (Wildman–Crippen MR) is 138 cm³/mol. The van der Waals surface area contributed by atoms with Gasteiger partial charge in [0.1, 0.15) is 22.8 Å². The summed E-state index contributed by atoms with van der Waals surface area (Å²) in [6.45, 7) is -0.0643. The largest absolute Gasteiger partial charge is 0.510 e. The summed E-state index contributed by atoms with van der Waals surface area (Å²) < 4.78 is 5.66. The van der Waals surface area contributed by atoms with Crippen LogP contribution in [0.15, 0.2) is 23.0 Å². The van der Waals surface area contributed by atoms with Gasteiger partial charge in [0.05, 0.1) is 18.2 Å². The van der Waals surface area contributed by atoms with E-state index in [9.17, 15) is 34.8 Å². The Kier molecular flexibility index (Phi) is 5.99. The molecule has 1 aliphatic heterocycles. The summed E-state index contributed by atoms with van der Waals surface area (Å²) in [6.07, 6.45) is 0.496. The number of benzene rings is 1. The maximum atomic E-state index is 14.2. The van der Waals surface area contributed by atoms with Crippen molar-refractivity contribution in [3.8, 4) is 5.75 Å². The van der Waals surface area contributed by atoms with Crippen molar-refractivity contribution in [3.63, 3.8) is 0 Å². The van der Waals surface area contributed by atoms with E-state index in [1.165, 1.54) is 0 Å². The first-order valence-corrected chi connectivity index (χ1v) is 12.5. The summed E-state index contributed by atoms with van der Waals surface area (Å²) in [5, 5.41) is 47.9. The molecule has 13 heteroatoms. The van der Waals surface area contributed by atoms with Crippen molar-refractivity contribution in [1.29, 1.82) is 0 Å². The van der Waals surface area contributed by atoms with Crippen LogP contribution in [0, 0.1) is 11.8 Å². The number of anilines is 1. The van der Waals surface area contributed by atoms with Gasteiger partial charge >= 0.3 is 0 Å². The molecule has 5 rings (SSSR count). The Morgan fingerprint density at radius 3 is 2.41 bits per heavy atom. The van der Waals surface area contributed by atoms with Gasteiger partial charge in [-0.15, -0.1) is 0 Å². The molecule has 0 radical (unpaired) electrons. The second-order valence-corrected chi connectivity index (χ2v) is 11.1. The second kappa shape index (κ2) is 8.68. The monoisotopic (exact) mass is 543 g/mol. The van der Waals surface area contributed by atoms with E-state index in [0.717, 1.165) is 0 Å². The van der Waals surface area contributed by atoms with E-state index >= 15 is 0 Å². The number of amides is 2. The van der Waals surface area contributed by atoms with Crippen LogP contribution in [0.4, 0.5) is 5.69 Å². The van der Waals surface area contributed by atoms with Gasteiger partial charge in [0.25, 0.3) is 5.91 Å². The molecule has 1 aromatic carbocycles. The highest BCUT2D eigenvalue weighted by Crippen LogP contribution is 2.67. The van der Waals surface area contributed by atoms with Crippen molar-refractivity contribution >= 4 is 29.0 Å². The Balaban J connectivity index is 1.67. The van der Waals surface area contributed by atoms with Crippen molar-refractivity contribution < 1.29 is 39.5 Å². The molecular formula is C26H33N5O8. The van der Waals surface area contributed by atoms with Crippen molar-refractivity contribution in [2.45, 2.75) is 36.8 Å². The summed E-state index contributed by atoms with van der Waals surface area (Å²) in [7, 11) is 6.94. The Labute approximate surface area is 224 Å². The Hall–Kier alpha value is -3.65. The lowest BCUT2D eigenvalue weighted by molar-refractivity contribution is -0.127. The standard InChI is InChI=1S/C26H33N5O8/c1-30(2)14-7-11(8-29-9-15(27)32)20(33)17-12(14)5-10-6-13-19(31(3)4)22(35)18(24(28)37)26(38)25(13,39-26)23(36)16(10)21(17)34/h7,10,13,19,29,33-35,38H,5-6,8-9H2,1-4H3,(H2,27,32)(H2,28,37)/t10-,13-,19-,25-,26?/m0/s1. The Morgan fingerprint density at radius 1 is 1.18 bits per heavy atom. The number of epoxide rings is 1. The first kappa shape index (κ1) is 26.9. The first-order chi connectivity index (χ1) is 18.2. The van der Waals surface area contributed by atoms with E-state index in [2.05, 4.69) is 5.32 Å². The van der Waals surface area contributed by atoms with Crippen molar-refractivity contribution in [1.82, 2.24) is 10.2 Å². The molecule has 1 saturated heterocycles. The molecular weight excluding hydrogens is 510 g/mol. The quantitative estimate of drug-likeness (QED) is 0.202. The highest BCUT2D eigenvalue weighted by molar-refractivity contribution is 6.14. The van der Waals surface area contributed by atoms with Crippen LogP contribution in [0.5, 0.6) is 5.75 Å². The third-order valence-corrected chi connectivity index (χ3v) is 8.38. The highest BCUT2D eigenvalue weighted by atomic mass is 16.8. The molecule has 2 amide bonds. The van der Waals surface area contributed by atoms with Gasteiger partial charge in [-0.05, 0) is 44.5 Å². The topological polar surface area (TPSA) is 215 Å². The van der Waals surface area contributed by atoms with Crippen LogP contribution in [0.3, 0.4) is 0 Å². The number of hydrogen-bond acceptors (Lipinski definition) is 11. The number of carbonyl (C=O) groups is 3. The molecule has 9 N–H and O–H groups in total. The van der Waals surface area contributed by atoms with Crippen LogP contribution in [0.1, 0.15) is 23.1 Å². The van der Waals surface area contributed by atoms with Crippen LogP contribution in [0.2, 0.25) is 0 Å². The van der Waals surface area contributed by atoms with Gasteiger partial charge in [-0.2, -0.15) is 0 Å². The minimum absolute atomic E-state index is 0.0281. The molecule has 1 aromatic rings. The maximum absolute atomic E-state index is 14.2. The molecule has 0 aromatic heterocycles. The summed E-state index contributed by atoms with van der Waals surface area (Å²) in [5.41, 5.74) is 9.90. The second-order valence-electron chi connectivity index (χ2n) is 11.1. The van der Waals surface area contributed by atoms with Gasteiger partial charge in [-0.3, -0.25) is 19.3 Å². The van der Waals surface area contributed by atoms with E-state index in [4.69, 9.17) is 16.2 Å². The van der Waals surface area contributed by atoms with Crippen molar-refractivity contribution in [2.75, 3.05) is 39.6 Å². The molecule has 2 fully saturated rings. The number of ketones is 1. The number of aliphatic hydroxyl groups excluding tert-OH is 2. The number of nitrogens with one attached hydrogen (secondary N) is 1. The number of ether oxygens (including phenoxy) is 1. The number of nitrogens with two attached hydrogens (primary N) is 2. The number of primary amides is 2. The highest BCUT2D eigenvalue weighted by Gasteiger charge is 2.85. The molecule has 210 valence electrons. The minimum atomic E-state index is -2.44. The number of phenols is 1. The summed E-state index contributed by atoms with van der Waals surface area (Å²) in [4.78, 5) is 41.1. The smallest absolute Gasteiger partial charge is 0.253 e. The van der Waals surface area contributed by atoms with Gasteiger partial charge in [0.2, 0.25) is 17.5 Å². The third kappa shape index (κ3) is 3.50. The van der Waals surface area contributed by atoms with E-state index in [-0.39, 0.29) is 42.8 Å². The van der Waals surface area contributed by atoms with Crippen LogP contribution < -0.4 is 21.7 Å². The average Bonchev–Trinajstić information content (AvgIpc) is 3.45. The number of fused-ring (bicyclic) bond motifs is 2. The van der Waals surface area contributed by atoms with Gasteiger partial charge < -0.3 is 46.8 Å². The Bertz CT molecular complexity index is 1380. The molecule has 5 atom stereocenters. The normalized spacial score (nSPS) is 30.9. The third-order valence-electron chi connectivity index (χ3n) is 8.38. The summed E-state index contributed by atoms with van der Waals surface area (Å²) in [6, 6.07) is 0.886. The maximum Gasteiger partial charge on any atom is 0.253 e. The fourth-order valence-electron chi connectivity index (χ4n) is 6.81. The molecule has 3 aliphatic carbocycles. The van der Waals surface area contributed by atoms with Crippen LogP contribution in [-0.2, 0) is 32.1 Å². The minimum Gasteiger partial charge on any atom is -0.510 e. The Morgan fingerprint density at radius 2 is 1.85 bits per heavy atom. The zero-order valence-corrected chi connectivity index (χ0v) is 22.1. The zero-order valence-electron chi connectivity index (χ0n) is 22.1. The van der Waals surface area contributed by atoms with Gasteiger partial charge in [-0.25, -0.2) is 0 Å². The number of aliphatic hydroxyl groups is 3. The molecule has 13 nitrogen and oxygen atoms in total. The molecule has 1 spiro atoms. The molecule has 1 saturated carbocycles. The number of Topliss-reactive ketones (excluding diaryl/α,β-unsaturated/α-hetero) is 1. The van der Waals surface area contributed by atoms with Gasteiger partial charge in [0, 0.05) is 43.4 Å². The average molecular weight is 544 g/mol. The van der Waals surface area contributed by atoms with Crippen LogP contribution in [0.25, 0.3) is 5.76 Å². The number of rotatable bonds is 7. The molecule has 39 heavy (non-hydrogen) atoms. The number of hydrogen-bond donors (Lipinski definition) is 7. The SMILES string of the molecule is CN(C)c1cc(CNCC(N)=O)c(O)c2c1C[C@H]1C[C@H]3[C@H](N(C)C)C(O)=C(C(N)=O)C4(O)O[C@]34C(=O)C1=C2O. The molecule has 4 aliphatic rings. The van der Waals surface area contributed by atoms with E-state index < -0.39 is 64.0 Å². The van der Waals surface area contributed by atoms with E-state index in [0.29, 0.717) is 16.8 Å². The lowest BCUT2D eigenvalue weighted by Crippen LogP contribution is -2.60. The van der Waals surface area contributed by atoms with Gasteiger partial charge in [0.15, 0.2) is 5.60 Å². The number of phenolic OH excluding ortho intramolecular Hbond substituents is 1. The number of carbonyl (C=O) groups excluding carboxylic acids is 3. The van der Waals surface area contributed by atoms with Crippen LogP contribution >= 0.6 is 0 Å². The number of nitrogens with zero attached hydrogens (tertiary/aromatic N) is 2. The van der Waals surface area contributed by atoms with Crippen molar-refractivity contribution in [2.24, 2.45) is 23.3 Å². The lowest BCUT2D eigenvalue weighted by atomic mass is 9.58. The molecule has 1 unspecified atom stereocenters. The van der Waals surface area contributed by atoms with E-state index in [1.54, 1.807) is 39.2 Å². The number of aromatic hydroxyl groups is 1. The summed E-state index contributed by atoms with van der Waals surface area (Å²) >= 11 is 0. The molecule has 0 bridgehead atoms.